The highest BCUT2D eigenvalue weighted by Crippen LogP contribution is 2.43. The molecule has 0 radical (unpaired) electrons. The lowest BCUT2D eigenvalue weighted by atomic mass is 10.1. The molecule has 1 N–H and O–H groups in total. The molecule has 178 valence electrons. The number of likely N-dealkylation sites (N-methyl/N-ethyl adjacent to an activating group) is 2. The van der Waals surface area contributed by atoms with Gasteiger partial charge in [0.15, 0.2) is 12.4 Å². The van der Waals surface area contributed by atoms with Crippen LogP contribution in [0.2, 0.25) is 0 Å². The average molecular weight is 475 g/mol. The number of nitrogens with one attached hydrogen (secondary N) is 1. The fourth-order valence-electron chi connectivity index (χ4n) is 3.18. The zero-order valence-corrected chi connectivity index (χ0v) is 20.3. The van der Waals surface area contributed by atoms with Crippen molar-refractivity contribution in [2.45, 2.75) is 23.2 Å². The fraction of sp³-hybridized carbons (Fsp3) is 0.375. The summed E-state index contributed by atoms with van der Waals surface area (Å²) in [6, 6.07) is 12.5. The molecule has 2 aromatic rings. The van der Waals surface area contributed by atoms with Gasteiger partial charge in [0.1, 0.15) is 5.75 Å². The van der Waals surface area contributed by atoms with Crippen LogP contribution in [-0.2, 0) is 19.1 Å². The molecule has 0 heterocycles. The van der Waals surface area contributed by atoms with Gasteiger partial charge in [0.2, 0.25) is 0 Å². The minimum absolute atomic E-state index is 0.384. The molecule has 2 aromatic carbocycles. The van der Waals surface area contributed by atoms with Gasteiger partial charge in [0.05, 0.1) is 30.7 Å². The summed E-state index contributed by atoms with van der Waals surface area (Å²) in [6.45, 7) is 2.74. The maximum Gasteiger partial charge on any atom is 0.337 e. The number of carbonyl (C=O) groups excluding carboxylic acids is 3. The molecule has 0 amide bonds. The van der Waals surface area contributed by atoms with Gasteiger partial charge in [-0.05, 0) is 42.9 Å². The van der Waals surface area contributed by atoms with Crippen molar-refractivity contribution in [3.63, 3.8) is 0 Å². The number of benzene rings is 2. The molecule has 0 aromatic heterocycles. The first-order valence-corrected chi connectivity index (χ1v) is 11.2. The third kappa shape index (κ3) is 7.23. The lowest BCUT2D eigenvalue weighted by Gasteiger charge is -2.27. The quantitative estimate of drug-likeness (QED) is 0.283. The maximum atomic E-state index is 12.2. The molecule has 2 rings (SSSR count). The Labute approximate surface area is 198 Å². The molecule has 0 saturated carbocycles. The molecule has 0 unspecified atom stereocenters. The minimum atomic E-state index is -1.03. The molecule has 0 aliphatic carbocycles. The summed E-state index contributed by atoms with van der Waals surface area (Å²) in [6.07, 6.45) is -0.407. The van der Waals surface area contributed by atoms with Gasteiger partial charge in [-0.15, -0.1) is 11.8 Å². The normalized spacial score (nSPS) is 12.4. The monoisotopic (exact) mass is 474 g/mol. The van der Waals surface area contributed by atoms with E-state index in [9.17, 15) is 14.4 Å². The van der Waals surface area contributed by atoms with Gasteiger partial charge in [0, 0.05) is 32.0 Å². The number of esters is 2. The maximum absolute atomic E-state index is 12.2. The molecule has 0 saturated heterocycles. The zero-order valence-electron chi connectivity index (χ0n) is 19.5. The number of nitrogens with zero attached hydrogens (tertiary/aromatic N) is 1. The van der Waals surface area contributed by atoms with Crippen molar-refractivity contribution < 1.29 is 28.6 Å². The smallest absolute Gasteiger partial charge is 0.337 e. The van der Waals surface area contributed by atoms with E-state index in [4.69, 9.17) is 14.2 Å². The summed E-state index contributed by atoms with van der Waals surface area (Å²) in [7, 11) is 6.71. The second kappa shape index (κ2) is 12.9. The van der Waals surface area contributed by atoms with Crippen molar-refractivity contribution in [1.82, 2.24) is 5.32 Å². The lowest BCUT2D eigenvalue weighted by Crippen LogP contribution is -2.28. The van der Waals surface area contributed by atoms with Crippen molar-refractivity contribution in [2.24, 2.45) is 0 Å². The Hall–Kier alpha value is -3.04. The number of hydrogen-bond donors (Lipinski definition) is 1. The van der Waals surface area contributed by atoms with Crippen LogP contribution in [0.4, 0.5) is 5.69 Å². The topological polar surface area (TPSA) is 94.2 Å². The summed E-state index contributed by atoms with van der Waals surface area (Å²) >= 11 is 1.34. The molecule has 0 spiro atoms. The summed E-state index contributed by atoms with van der Waals surface area (Å²) in [5.74, 6) is -0.354. The van der Waals surface area contributed by atoms with E-state index in [2.05, 4.69) is 5.32 Å². The van der Waals surface area contributed by atoms with Crippen molar-refractivity contribution in [3.8, 4) is 5.75 Å². The Kier molecular flexibility index (Phi) is 10.2. The van der Waals surface area contributed by atoms with Crippen LogP contribution in [0, 0.1) is 0 Å². The summed E-state index contributed by atoms with van der Waals surface area (Å²) in [5, 5.41) is 2.56. The number of ether oxygens (including phenoxy) is 3. The lowest BCUT2D eigenvalue weighted by molar-refractivity contribution is -0.149. The third-order valence-electron chi connectivity index (χ3n) is 4.92. The number of rotatable bonds is 12. The van der Waals surface area contributed by atoms with Gasteiger partial charge in [0.25, 0.3) is 0 Å². The number of anilines is 1. The van der Waals surface area contributed by atoms with E-state index in [0.717, 1.165) is 29.2 Å². The number of aldehydes is 1. The predicted molar refractivity (Wildman–Crippen MR) is 128 cm³/mol. The molecule has 0 bridgehead atoms. The molecular weight excluding hydrogens is 444 g/mol. The van der Waals surface area contributed by atoms with E-state index in [0.29, 0.717) is 17.6 Å². The fourth-order valence-corrected chi connectivity index (χ4v) is 4.54. The average Bonchev–Trinajstić information content (AvgIpc) is 2.83. The van der Waals surface area contributed by atoms with E-state index in [1.165, 1.54) is 25.8 Å². The Morgan fingerprint density at radius 2 is 1.85 bits per heavy atom. The summed E-state index contributed by atoms with van der Waals surface area (Å²) in [4.78, 5) is 38.6. The second-order valence-corrected chi connectivity index (χ2v) is 8.40. The molecule has 8 nitrogen and oxygen atoms in total. The van der Waals surface area contributed by atoms with E-state index in [1.807, 2.05) is 37.2 Å². The van der Waals surface area contributed by atoms with Crippen LogP contribution in [0.1, 0.15) is 28.1 Å². The number of methoxy groups -OCH3 is 2. The Morgan fingerprint density at radius 1 is 1.15 bits per heavy atom. The summed E-state index contributed by atoms with van der Waals surface area (Å²) < 4.78 is 15.5. The van der Waals surface area contributed by atoms with Crippen LogP contribution in [0.15, 0.2) is 47.4 Å². The van der Waals surface area contributed by atoms with Crippen molar-refractivity contribution in [2.75, 3.05) is 46.3 Å². The molecule has 0 aliphatic rings. The third-order valence-corrected chi connectivity index (χ3v) is 6.30. The number of hydrogen-bond acceptors (Lipinski definition) is 9. The highest BCUT2D eigenvalue weighted by molar-refractivity contribution is 7.99. The highest BCUT2D eigenvalue weighted by Gasteiger charge is 2.29. The van der Waals surface area contributed by atoms with E-state index >= 15 is 0 Å². The van der Waals surface area contributed by atoms with E-state index in [1.54, 1.807) is 31.4 Å². The van der Waals surface area contributed by atoms with Crippen LogP contribution >= 0.6 is 11.8 Å². The second-order valence-electron chi connectivity index (χ2n) is 7.22. The predicted octanol–water partition coefficient (Wildman–Crippen LogP) is 3.10. The Bertz CT molecular complexity index is 950. The van der Waals surface area contributed by atoms with Crippen LogP contribution in [-0.4, -0.2) is 65.7 Å². The Balaban J connectivity index is 2.55. The molecule has 0 aliphatic heterocycles. The molecule has 9 heteroatoms. The van der Waals surface area contributed by atoms with Crippen molar-refractivity contribution in [1.29, 1.82) is 0 Å². The van der Waals surface area contributed by atoms with Crippen molar-refractivity contribution in [3.05, 3.63) is 53.6 Å². The van der Waals surface area contributed by atoms with Crippen LogP contribution in [0.5, 0.6) is 5.75 Å². The van der Waals surface area contributed by atoms with Gasteiger partial charge in [-0.3, -0.25) is 9.59 Å². The first kappa shape index (κ1) is 26.2. The molecule has 2 atom stereocenters. The van der Waals surface area contributed by atoms with Crippen LogP contribution in [0.25, 0.3) is 0 Å². The zero-order chi connectivity index (χ0) is 24.4. The first-order valence-electron chi connectivity index (χ1n) is 10.4. The summed E-state index contributed by atoms with van der Waals surface area (Å²) in [5.41, 5.74) is 2.02. The minimum Gasteiger partial charge on any atom is -0.497 e. The standard InChI is InChI=1S/C24H30N2O6S/c1-16(28)32-21(15-27)23(17-6-9-19(30-4)10-7-17)33-22-14-18(24(29)31-5)8-11-20(22)26(3)13-12-25-2/h6-11,14-15,21,23,25H,12-13H2,1-5H3/t21-,23-/m0/s1. The van der Waals surface area contributed by atoms with Gasteiger partial charge in [-0.2, -0.15) is 0 Å². The van der Waals surface area contributed by atoms with Crippen LogP contribution < -0.4 is 15.0 Å². The van der Waals surface area contributed by atoms with Gasteiger partial charge in [-0.25, -0.2) is 4.79 Å². The number of thioether (sulfide) groups is 1. The molecular formula is C24H30N2O6S. The van der Waals surface area contributed by atoms with Gasteiger partial charge < -0.3 is 24.4 Å². The number of carbonyl (C=O) groups is 3. The Morgan fingerprint density at radius 3 is 2.39 bits per heavy atom. The molecule has 33 heavy (non-hydrogen) atoms. The van der Waals surface area contributed by atoms with Crippen LogP contribution in [0.3, 0.4) is 0 Å². The largest absolute Gasteiger partial charge is 0.497 e. The highest BCUT2D eigenvalue weighted by atomic mass is 32.2. The van der Waals surface area contributed by atoms with Gasteiger partial charge >= 0.3 is 11.9 Å². The van der Waals surface area contributed by atoms with E-state index < -0.39 is 23.3 Å². The first-order chi connectivity index (χ1) is 15.8. The van der Waals surface area contributed by atoms with Crippen molar-refractivity contribution >= 4 is 35.7 Å². The molecule has 0 fully saturated rings. The van der Waals surface area contributed by atoms with E-state index in [-0.39, 0.29) is 0 Å². The van der Waals surface area contributed by atoms with Gasteiger partial charge in [-0.1, -0.05) is 12.1 Å². The SMILES string of the molecule is CNCCN(C)c1ccc(C(=O)OC)cc1S[C@@H](c1ccc(OC)cc1)[C@H](C=O)OC(C)=O.